The molecule has 0 aliphatic heterocycles. The largest absolute Gasteiger partial charge is 0.326 e. The number of nitrogens with zero attached hydrogens (tertiary/aromatic N) is 1. The van der Waals surface area contributed by atoms with Gasteiger partial charge in [0.25, 0.3) is 15.9 Å². The first-order valence-corrected chi connectivity index (χ1v) is 12.6. The Bertz CT molecular complexity index is 1300. The molecule has 1 saturated carbocycles. The Kier molecular flexibility index (Phi) is 6.57. The van der Waals surface area contributed by atoms with E-state index in [0.29, 0.717) is 11.4 Å². The molecule has 1 aromatic heterocycles. The number of carbonyl (C=O) groups is 2. The molecule has 1 aliphatic carbocycles. The second-order valence-electron chi connectivity index (χ2n) is 7.56. The number of para-hydroxylation sites is 1. The van der Waals surface area contributed by atoms with Gasteiger partial charge in [-0.2, -0.15) is 5.10 Å². The van der Waals surface area contributed by atoms with Crippen LogP contribution in [0.3, 0.4) is 0 Å². The highest BCUT2D eigenvalue weighted by molar-refractivity contribution is 7.94. The standard InChI is InChI=1S/C23H22N4O4S2/c1-15(16-10-12-18(13-11-16)24-22(28)17-8-9-17)25-26-23(29)19-5-2-3-6-20(19)27-33(30,31)21-7-4-14-32-21/h2-7,10-14,17,27H,8-9H2,1H3,(H,24,28)(H,26,29). The van der Waals surface area contributed by atoms with Gasteiger partial charge in [-0.25, -0.2) is 13.8 Å². The van der Waals surface area contributed by atoms with Crippen molar-refractivity contribution in [3.05, 3.63) is 77.2 Å². The zero-order valence-corrected chi connectivity index (χ0v) is 19.4. The molecule has 0 bridgehead atoms. The van der Waals surface area contributed by atoms with Gasteiger partial charge in [0.1, 0.15) is 4.21 Å². The minimum atomic E-state index is -3.79. The Morgan fingerprint density at radius 3 is 2.39 bits per heavy atom. The Morgan fingerprint density at radius 2 is 1.73 bits per heavy atom. The molecule has 1 heterocycles. The highest BCUT2D eigenvalue weighted by Gasteiger charge is 2.29. The molecule has 0 saturated heterocycles. The van der Waals surface area contributed by atoms with Crippen LogP contribution in [0, 0.1) is 5.92 Å². The van der Waals surface area contributed by atoms with Crippen molar-refractivity contribution in [2.75, 3.05) is 10.0 Å². The van der Waals surface area contributed by atoms with Crippen molar-refractivity contribution in [1.82, 2.24) is 5.43 Å². The van der Waals surface area contributed by atoms with Crippen LogP contribution >= 0.6 is 11.3 Å². The van der Waals surface area contributed by atoms with Crippen LogP contribution in [-0.2, 0) is 14.8 Å². The molecule has 2 aromatic carbocycles. The third kappa shape index (κ3) is 5.65. The maximum Gasteiger partial charge on any atom is 0.273 e. The molecule has 8 nitrogen and oxygen atoms in total. The van der Waals surface area contributed by atoms with Crippen LogP contribution < -0.4 is 15.5 Å². The van der Waals surface area contributed by atoms with Crippen LogP contribution in [0.5, 0.6) is 0 Å². The van der Waals surface area contributed by atoms with E-state index in [-0.39, 0.29) is 27.3 Å². The van der Waals surface area contributed by atoms with Crippen molar-refractivity contribution in [2.45, 2.75) is 24.0 Å². The summed E-state index contributed by atoms with van der Waals surface area (Å²) in [6.07, 6.45) is 1.88. The third-order valence-corrected chi connectivity index (χ3v) is 7.78. The van der Waals surface area contributed by atoms with Gasteiger partial charge in [0.05, 0.1) is 17.0 Å². The number of carbonyl (C=O) groups excluding carboxylic acids is 2. The summed E-state index contributed by atoms with van der Waals surface area (Å²) in [4.78, 5) is 24.6. The average Bonchev–Trinajstić information content (AvgIpc) is 3.51. The Morgan fingerprint density at radius 1 is 1.00 bits per heavy atom. The number of thiophene rings is 1. The lowest BCUT2D eigenvalue weighted by Crippen LogP contribution is -2.22. The van der Waals surface area contributed by atoms with Gasteiger partial charge in [0.15, 0.2) is 0 Å². The highest BCUT2D eigenvalue weighted by Crippen LogP contribution is 2.30. The molecule has 0 radical (unpaired) electrons. The quantitative estimate of drug-likeness (QED) is 0.332. The normalized spacial score (nSPS) is 13.9. The third-order valence-electron chi connectivity index (χ3n) is 5.02. The van der Waals surface area contributed by atoms with E-state index in [0.717, 1.165) is 29.7 Å². The van der Waals surface area contributed by atoms with Gasteiger partial charge in [-0.1, -0.05) is 30.3 Å². The fourth-order valence-electron chi connectivity index (χ4n) is 3.03. The second-order valence-corrected chi connectivity index (χ2v) is 10.4. The number of rotatable bonds is 8. The predicted molar refractivity (Wildman–Crippen MR) is 129 cm³/mol. The van der Waals surface area contributed by atoms with E-state index in [1.54, 1.807) is 54.8 Å². The number of anilines is 2. The second kappa shape index (κ2) is 9.55. The minimum Gasteiger partial charge on any atom is -0.326 e. The van der Waals surface area contributed by atoms with Gasteiger partial charge in [0.2, 0.25) is 5.91 Å². The molecule has 3 N–H and O–H groups in total. The summed E-state index contributed by atoms with van der Waals surface area (Å²) in [6, 6.07) is 16.6. The molecular weight excluding hydrogens is 460 g/mol. The monoisotopic (exact) mass is 482 g/mol. The molecule has 1 aliphatic rings. The van der Waals surface area contributed by atoms with Crippen LogP contribution in [0.2, 0.25) is 0 Å². The maximum absolute atomic E-state index is 12.7. The molecule has 0 unspecified atom stereocenters. The molecule has 170 valence electrons. The number of nitrogens with one attached hydrogen (secondary N) is 3. The van der Waals surface area contributed by atoms with Crippen LogP contribution in [0.4, 0.5) is 11.4 Å². The fraction of sp³-hybridized carbons (Fsp3) is 0.174. The molecule has 3 aromatic rings. The lowest BCUT2D eigenvalue weighted by molar-refractivity contribution is -0.117. The number of benzene rings is 2. The van der Waals surface area contributed by atoms with Crippen molar-refractivity contribution >= 4 is 50.3 Å². The van der Waals surface area contributed by atoms with Crippen molar-refractivity contribution < 1.29 is 18.0 Å². The van der Waals surface area contributed by atoms with E-state index >= 15 is 0 Å². The van der Waals surface area contributed by atoms with Gasteiger partial charge in [0, 0.05) is 11.6 Å². The number of sulfonamides is 1. The van der Waals surface area contributed by atoms with Gasteiger partial charge >= 0.3 is 0 Å². The average molecular weight is 483 g/mol. The van der Waals surface area contributed by atoms with E-state index < -0.39 is 15.9 Å². The van der Waals surface area contributed by atoms with Crippen LogP contribution in [-0.4, -0.2) is 25.9 Å². The zero-order valence-electron chi connectivity index (χ0n) is 17.7. The van der Waals surface area contributed by atoms with Crippen LogP contribution in [0.15, 0.2) is 75.4 Å². The Balaban J connectivity index is 1.43. The van der Waals surface area contributed by atoms with E-state index in [2.05, 4.69) is 20.6 Å². The summed E-state index contributed by atoms with van der Waals surface area (Å²) in [5.41, 5.74) is 4.81. The summed E-state index contributed by atoms with van der Waals surface area (Å²) >= 11 is 1.09. The molecular formula is C23H22N4O4S2. The SMILES string of the molecule is CC(=NNC(=O)c1ccccc1NS(=O)(=O)c1cccs1)c1ccc(NC(=O)C2CC2)cc1. The first-order valence-electron chi connectivity index (χ1n) is 10.2. The molecule has 10 heteroatoms. The lowest BCUT2D eigenvalue weighted by Gasteiger charge is -2.11. The van der Waals surface area contributed by atoms with Crippen molar-refractivity contribution in [3.8, 4) is 0 Å². The Hall–Kier alpha value is -3.50. The van der Waals surface area contributed by atoms with Crippen molar-refractivity contribution in [2.24, 2.45) is 11.0 Å². The van der Waals surface area contributed by atoms with Gasteiger partial charge in [-0.15, -0.1) is 11.3 Å². The number of hydrogen-bond acceptors (Lipinski definition) is 6. The van der Waals surface area contributed by atoms with E-state index in [9.17, 15) is 18.0 Å². The number of hydrogen-bond donors (Lipinski definition) is 3. The molecule has 4 rings (SSSR count). The van der Waals surface area contributed by atoms with Crippen molar-refractivity contribution in [3.63, 3.8) is 0 Å². The first-order chi connectivity index (χ1) is 15.8. The summed E-state index contributed by atoms with van der Waals surface area (Å²) in [5.74, 6) is -0.387. The zero-order chi connectivity index (χ0) is 23.4. The molecule has 1 fully saturated rings. The molecule has 33 heavy (non-hydrogen) atoms. The van der Waals surface area contributed by atoms with E-state index in [1.807, 2.05) is 0 Å². The van der Waals surface area contributed by atoms with Crippen LogP contribution in [0.25, 0.3) is 0 Å². The summed E-state index contributed by atoms with van der Waals surface area (Å²) in [6.45, 7) is 1.74. The topological polar surface area (TPSA) is 117 Å². The van der Waals surface area contributed by atoms with E-state index in [1.165, 1.54) is 18.2 Å². The number of amides is 2. The summed E-state index contributed by atoms with van der Waals surface area (Å²) in [7, 11) is -3.79. The molecule has 2 amide bonds. The lowest BCUT2D eigenvalue weighted by atomic mass is 10.1. The summed E-state index contributed by atoms with van der Waals surface area (Å²) in [5, 5.41) is 8.68. The molecule has 0 atom stereocenters. The predicted octanol–water partition coefficient (Wildman–Crippen LogP) is 4.05. The Labute approximate surface area is 195 Å². The summed E-state index contributed by atoms with van der Waals surface area (Å²) < 4.78 is 27.7. The number of hydrazone groups is 1. The minimum absolute atomic E-state index is 0.0359. The maximum atomic E-state index is 12.7. The molecule has 0 spiro atoms. The first kappa shape index (κ1) is 22.7. The smallest absolute Gasteiger partial charge is 0.273 e. The van der Waals surface area contributed by atoms with Gasteiger partial charge < -0.3 is 5.32 Å². The van der Waals surface area contributed by atoms with E-state index in [4.69, 9.17) is 0 Å². The fourth-order valence-corrected chi connectivity index (χ4v) is 5.10. The van der Waals surface area contributed by atoms with Crippen molar-refractivity contribution in [1.29, 1.82) is 0 Å². The van der Waals surface area contributed by atoms with Crippen LogP contribution in [0.1, 0.15) is 35.7 Å². The van der Waals surface area contributed by atoms with Gasteiger partial charge in [-0.05, 0) is 61.0 Å². The van der Waals surface area contributed by atoms with Gasteiger partial charge in [-0.3, -0.25) is 14.3 Å². The highest BCUT2D eigenvalue weighted by atomic mass is 32.2.